The van der Waals surface area contributed by atoms with Crippen molar-refractivity contribution >= 4 is 5.91 Å². The van der Waals surface area contributed by atoms with Gasteiger partial charge < -0.3 is 11.1 Å². The molecular weight excluding hydrogens is 164 g/mol. The number of amides is 1. The highest BCUT2D eigenvalue weighted by atomic mass is 16.1. The van der Waals surface area contributed by atoms with Crippen LogP contribution in [0.15, 0.2) is 0 Å². The van der Waals surface area contributed by atoms with Crippen molar-refractivity contribution in [3.05, 3.63) is 0 Å². The van der Waals surface area contributed by atoms with Crippen molar-refractivity contribution in [2.24, 2.45) is 11.7 Å². The Kier molecular flexibility index (Phi) is 5.71. The summed E-state index contributed by atoms with van der Waals surface area (Å²) in [7, 11) is 0. The second-order valence-electron chi connectivity index (χ2n) is 4.00. The Bertz CT molecular complexity index is 157. The quantitative estimate of drug-likeness (QED) is 0.656. The molecule has 0 bridgehead atoms. The molecule has 0 fully saturated rings. The molecule has 1 amide bonds. The molecule has 2 atom stereocenters. The van der Waals surface area contributed by atoms with Crippen LogP contribution in [0.2, 0.25) is 0 Å². The van der Waals surface area contributed by atoms with E-state index in [1.54, 1.807) is 0 Å². The lowest BCUT2D eigenvalue weighted by Gasteiger charge is -2.24. The first kappa shape index (κ1) is 12.4. The van der Waals surface area contributed by atoms with Crippen LogP contribution in [0, 0.1) is 5.92 Å². The SMILES string of the molecule is CCC(NC(C)CC(N)=O)C(C)C. The molecule has 3 N–H and O–H groups in total. The Morgan fingerprint density at radius 1 is 1.38 bits per heavy atom. The first-order valence-electron chi connectivity index (χ1n) is 5.01. The maximum absolute atomic E-state index is 10.6. The average Bonchev–Trinajstić information content (AvgIpc) is 1.98. The summed E-state index contributed by atoms with van der Waals surface area (Å²) in [6.45, 7) is 8.50. The molecule has 0 aliphatic carbocycles. The van der Waals surface area contributed by atoms with E-state index in [4.69, 9.17) is 5.73 Å². The number of hydrogen-bond donors (Lipinski definition) is 2. The summed E-state index contributed by atoms with van der Waals surface area (Å²) in [5, 5.41) is 3.40. The van der Waals surface area contributed by atoms with Crippen LogP contribution < -0.4 is 11.1 Å². The van der Waals surface area contributed by atoms with Crippen molar-refractivity contribution < 1.29 is 4.79 Å². The van der Waals surface area contributed by atoms with E-state index in [0.717, 1.165) is 6.42 Å². The highest BCUT2D eigenvalue weighted by Crippen LogP contribution is 2.07. The van der Waals surface area contributed by atoms with E-state index in [1.165, 1.54) is 0 Å². The number of carbonyl (C=O) groups excluding carboxylic acids is 1. The third-order valence-corrected chi connectivity index (χ3v) is 2.25. The Hall–Kier alpha value is -0.570. The zero-order chi connectivity index (χ0) is 10.4. The number of primary amides is 1. The summed E-state index contributed by atoms with van der Waals surface area (Å²) in [6.07, 6.45) is 1.50. The average molecular weight is 186 g/mol. The highest BCUT2D eigenvalue weighted by Gasteiger charge is 2.14. The van der Waals surface area contributed by atoms with Crippen LogP contribution in [-0.4, -0.2) is 18.0 Å². The molecule has 2 unspecified atom stereocenters. The molecule has 3 heteroatoms. The lowest BCUT2D eigenvalue weighted by Crippen LogP contribution is -2.41. The van der Waals surface area contributed by atoms with E-state index in [9.17, 15) is 4.79 Å². The molecule has 3 nitrogen and oxygen atoms in total. The first-order valence-corrected chi connectivity index (χ1v) is 5.01. The molecule has 0 heterocycles. The molecule has 0 saturated heterocycles. The van der Waals surface area contributed by atoms with Crippen LogP contribution in [0.1, 0.15) is 40.5 Å². The van der Waals surface area contributed by atoms with E-state index in [0.29, 0.717) is 18.4 Å². The Morgan fingerprint density at radius 3 is 2.23 bits per heavy atom. The van der Waals surface area contributed by atoms with Crippen LogP contribution in [0.4, 0.5) is 0 Å². The lowest BCUT2D eigenvalue weighted by molar-refractivity contribution is -0.118. The van der Waals surface area contributed by atoms with Crippen LogP contribution in [0.5, 0.6) is 0 Å². The molecule has 78 valence electrons. The number of hydrogen-bond acceptors (Lipinski definition) is 2. The monoisotopic (exact) mass is 186 g/mol. The van der Waals surface area contributed by atoms with Crippen molar-refractivity contribution in [3.8, 4) is 0 Å². The summed E-state index contributed by atoms with van der Waals surface area (Å²) < 4.78 is 0. The maximum atomic E-state index is 10.6. The molecule has 13 heavy (non-hydrogen) atoms. The van der Waals surface area contributed by atoms with Crippen LogP contribution in [0.25, 0.3) is 0 Å². The predicted octanol–water partition coefficient (Wildman–Crippen LogP) is 1.27. The van der Waals surface area contributed by atoms with E-state index < -0.39 is 0 Å². The summed E-state index contributed by atoms with van der Waals surface area (Å²) in [6, 6.07) is 0.666. The Balaban J connectivity index is 3.86. The van der Waals surface area contributed by atoms with Gasteiger partial charge in [-0.25, -0.2) is 0 Å². The van der Waals surface area contributed by atoms with Crippen LogP contribution in [-0.2, 0) is 4.79 Å². The standard InChI is InChI=1S/C10H22N2O/c1-5-9(7(2)3)12-8(4)6-10(11)13/h7-9,12H,5-6H2,1-4H3,(H2,11,13). The number of nitrogens with one attached hydrogen (secondary N) is 1. The topological polar surface area (TPSA) is 55.1 Å². The smallest absolute Gasteiger partial charge is 0.218 e. The maximum Gasteiger partial charge on any atom is 0.218 e. The van der Waals surface area contributed by atoms with Crippen molar-refractivity contribution in [1.82, 2.24) is 5.32 Å². The molecule has 0 aromatic rings. The van der Waals surface area contributed by atoms with Gasteiger partial charge in [-0.15, -0.1) is 0 Å². The minimum atomic E-state index is -0.237. The van der Waals surface area contributed by atoms with E-state index >= 15 is 0 Å². The van der Waals surface area contributed by atoms with Gasteiger partial charge in [0.25, 0.3) is 0 Å². The van der Waals surface area contributed by atoms with Gasteiger partial charge in [-0.1, -0.05) is 20.8 Å². The third kappa shape index (κ3) is 5.64. The van der Waals surface area contributed by atoms with Gasteiger partial charge in [0.05, 0.1) is 0 Å². The Morgan fingerprint density at radius 2 is 1.92 bits per heavy atom. The van der Waals surface area contributed by atoms with E-state index in [-0.39, 0.29) is 11.9 Å². The largest absolute Gasteiger partial charge is 0.370 e. The summed E-state index contributed by atoms with van der Waals surface area (Å²) >= 11 is 0. The van der Waals surface area contributed by atoms with Gasteiger partial charge in [-0.3, -0.25) is 4.79 Å². The summed E-state index contributed by atoms with van der Waals surface area (Å²) in [5.74, 6) is 0.360. The van der Waals surface area contributed by atoms with Gasteiger partial charge in [-0.05, 0) is 19.3 Å². The number of rotatable bonds is 6. The van der Waals surface area contributed by atoms with Gasteiger partial charge in [0, 0.05) is 18.5 Å². The Labute approximate surface area is 81.1 Å². The molecule has 0 aliphatic rings. The van der Waals surface area contributed by atoms with Crippen molar-refractivity contribution in [3.63, 3.8) is 0 Å². The summed E-state index contributed by atoms with van der Waals surface area (Å²) in [4.78, 5) is 10.6. The van der Waals surface area contributed by atoms with Gasteiger partial charge in [0.2, 0.25) is 5.91 Å². The van der Waals surface area contributed by atoms with Crippen molar-refractivity contribution in [1.29, 1.82) is 0 Å². The molecule has 0 aromatic carbocycles. The molecule has 0 aliphatic heterocycles. The first-order chi connectivity index (χ1) is 5.97. The number of nitrogens with two attached hydrogens (primary N) is 1. The third-order valence-electron chi connectivity index (χ3n) is 2.25. The fraction of sp³-hybridized carbons (Fsp3) is 0.900. The molecule has 0 spiro atoms. The fourth-order valence-electron chi connectivity index (χ4n) is 1.51. The molecule has 0 saturated carbocycles. The highest BCUT2D eigenvalue weighted by molar-refractivity contribution is 5.74. The fourth-order valence-corrected chi connectivity index (χ4v) is 1.51. The summed E-state index contributed by atoms with van der Waals surface area (Å²) in [5.41, 5.74) is 5.11. The van der Waals surface area contributed by atoms with Crippen molar-refractivity contribution in [2.75, 3.05) is 0 Å². The molecule has 0 aromatic heterocycles. The zero-order valence-electron chi connectivity index (χ0n) is 9.13. The normalized spacial score (nSPS) is 15.8. The van der Waals surface area contributed by atoms with Gasteiger partial charge in [-0.2, -0.15) is 0 Å². The van der Waals surface area contributed by atoms with Gasteiger partial charge in [0.15, 0.2) is 0 Å². The predicted molar refractivity (Wildman–Crippen MR) is 55.3 cm³/mol. The molecule has 0 radical (unpaired) electrons. The minimum absolute atomic E-state index is 0.185. The van der Waals surface area contributed by atoms with Crippen molar-refractivity contribution in [2.45, 2.75) is 52.6 Å². The number of carbonyl (C=O) groups is 1. The van der Waals surface area contributed by atoms with E-state index in [1.807, 2.05) is 6.92 Å². The van der Waals surface area contributed by atoms with Crippen LogP contribution in [0.3, 0.4) is 0 Å². The van der Waals surface area contributed by atoms with E-state index in [2.05, 4.69) is 26.1 Å². The van der Waals surface area contributed by atoms with Gasteiger partial charge in [0.1, 0.15) is 0 Å². The molecular formula is C10H22N2O. The zero-order valence-corrected chi connectivity index (χ0v) is 9.13. The minimum Gasteiger partial charge on any atom is -0.370 e. The molecule has 0 rings (SSSR count). The lowest BCUT2D eigenvalue weighted by atomic mass is 10.0. The second kappa shape index (κ2) is 5.97. The van der Waals surface area contributed by atoms with Crippen LogP contribution >= 0.6 is 0 Å². The second-order valence-corrected chi connectivity index (χ2v) is 4.00. The van der Waals surface area contributed by atoms with Gasteiger partial charge >= 0.3 is 0 Å².